The molecule has 342 valence electrons. The molecule has 1 fully saturated rings. The minimum absolute atomic E-state index is 0.00834. The number of carbonyl (C=O) groups excluding carboxylic acids is 3. The third-order valence-corrected chi connectivity index (χ3v) is 9.81. The van der Waals surface area contributed by atoms with Crippen LogP contribution in [0.25, 0.3) is 0 Å². The van der Waals surface area contributed by atoms with E-state index >= 15 is 0 Å². The van der Waals surface area contributed by atoms with Crippen LogP contribution in [0, 0.1) is 0 Å². The van der Waals surface area contributed by atoms with Crippen molar-refractivity contribution < 1.29 is 62.9 Å². The number of aliphatic hydroxyl groups excluding tert-OH is 3. The molecule has 1 aliphatic rings. The molecule has 0 bridgehead atoms. The van der Waals surface area contributed by atoms with Gasteiger partial charge < -0.3 is 64.4 Å². The van der Waals surface area contributed by atoms with Crippen LogP contribution in [0.1, 0.15) is 116 Å². The molecule has 1 heterocycles. The summed E-state index contributed by atoms with van der Waals surface area (Å²) >= 11 is 4.25. The zero-order chi connectivity index (χ0) is 42.3. The molecule has 0 radical (unpaired) electrons. The predicted molar refractivity (Wildman–Crippen MR) is 224 cm³/mol. The van der Waals surface area contributed by atoms with Crippen LogP contribution in [0.3, 0.4) is 0 Å². The zero-order valence-corrected chi connectivity index (χ0v) is 36.3. The number of rotatable bonds is 41. The maximum atomic E-state index is 12.2. The van der Waals surface area contributed by atoms with Crippen LogP contribution in [0.4, 0.5) is 0 Å². The van der Waals surface area contributed by atoms with Gasteiger partial charge in [0.2, 0.25) is 17.7 Å². The fourth-order valence-corrected chi connectivity index (χ4v) is 6.40. The number of hydrogen-bond acceptors (Lipinski definition) is 14. The van der Waals surface area contributed by atoms with Gasteiger partial charge in [0.15, 0.2) is 6.29 Å². The number of thiol groups is 1. The summed E-state index contributed by atoms with van der Waals surface area (Å²) in [4.78, 5) is 35.6. The molecule has 0 saturated carbocycles. The maximum Gasteiger partial charge on any atom is 0.245 e. The molecular weight excluding hydrogens is 775 g/mol. The highest BCUT2D eigenvalue weighted by molar-refractivity contribution is 7.80. The summed E-state index contributed by atoms with van der Waals surface area (Å²) in [6.07, 6.45) is 12.8. The molecule has 5 atom stereocenters. The minimum atomic E-state index is -1.36. The van der Waals surface area contributed by atoms with Gasteiger partial charge in [-0.3, -0.25) is 14.4 Å². The summed E-state index contributed by atoms with van der Waals surface area (Å²) in [6.45, 7) is 6.85. The van der Waals surface area contributed by atoms with Crippen LogP contribution in [-0.2, 0) is 47.5 Å². The lowest BCUT2D eigenvalue weighted by atomic mass is 9.97. The van der Waals surface area contributed by atoms with Crippen LogP contribution in [0.5, 0.6) is 0 Å². The quantitative estimate of drug-likeness (QED) is 0.0349. The minimum Gasteiger partial charge on any atom is -0.394 e. The van der Waals surface area contributed by atoms with E-state index in [1.165, 1.54) is 58.3 Å². The molecule has 0 aromatic heterocycles. The van der Waals surface area contributed by atoms with Crippen LogP contribution in [0.2, 0.25) is 0 Å². The van der Waals surface area contributed by atoms with Gasteiger partial charge in [-0.05, 0) is 44.3 Å². The lowest BCUT2D eigenvalue weighted by Gasteiger charge is -2.42. The fourth-order valence-electron chi connectivity index (χ4n) is 6.17. The molecule has 1 rings (SSSR count). The molecule has 1 aliphatic heterocycles. The first kappa shape index (κ1) is 54.4. The summed E-state index contributed by atoms with van der Waals surface area (Å²) in [5.74, 6) is 0.427. The number of ether oxygens (including phenoxy) is 7. The van der Waals surface area contributed by atoms with Crippen LogP contribution >= 0.6 is 12.6 Å². The largest absolute Gasteiger partial charge is 0.394 e. The Morgan fingerprint density at radius 2 is 1.03 bits per heavy atom. The molecule has 3 amide bonds. The van der Waals surface area contributed by atoms with E-state index in [-0.39, 0.29) is 25.0 Å². The van der Waals surface area contributed by atoms with Crippen LogP contribution < -0.4 is 16.0 Å². The second-order valence-corrected chi connectivity index (χ2v) is 15.1. The third-order valence-electron chi connectivity index (χ3n) is 9.50. The molecule has 16 nitrogen and oxygen atoms in total. The summed E-state index contributed by atoms with van der Waals surface area (Å²) in [5.41, 5.74) is 0. The van der Waals surface area contributed by atoms with E-state index in [9.17, 15) is 29.7 Å². The van der Waals surface area contributed by atoms with E-state index in [0.717, 1.165) is 50.9 Å². The van der Waals surface area contributed by atoms with Crippen molar-refractivity contribution in [3.63, 3.8) is 0 Å². The Morgan fingerprint density at radius 3 is 1.59 bits per heavy atom. The van der Waals surface area contributed by atoms with E-state index in [2.05, 4.69) is 28.6 Å². The Kier molecular flexibility index (Phi) is 37.0. The van der Waals surface area contributed by atoms with Crippen LogP contribution in [0.15, 0.2) is 0 Å². The smallest absolute Gasteiger partial charge is 0.245 e. The van der Waals surface area contributed by atoms with Gasteiger partial charge in [-0.2, -0.15) is 12.6 Å². The highest BCUT2D eigenvalue weighted by Gasteiger charge is 2.45. The van der Waals surface area contributed by atoms with E-state index in [1.807, 2.05) is 0 Å². The predicted octanol–water partition coefficient (Wildman–Crippen LogP) is 2.82. The number of aliphatic hydroxyl groups is 3. The van der Waals surface area contributed by atoms with E-state index < -0.39 is 43.2 Å². The SMILES string of the molecule is CC(=O)N[C@H]1[C@H](OCCCCCC(=O)NCCCCCCNC(=O)COCCOCCOCCOCCOCCCCCCCCCCCS)O[C@H](CO)[C@@H](O)[C@@H]1O. The van der Waals surface area contributed by atoms with Gasteiger partial charge in [-0.15, -0.1) is 0 Å². The molecule has 0 aromatic rings. The van der Waals surface area contributed by atoms with Crippen molar-refractivity contribution in [1.82, 2.24) is 16.0 Å². The van der Waals surface area contributed by atoms with Gasteiger partial charge in [0, 0.05) is 39.6 Å². The average molecular weight is 854 g/mol. The average Bonchev–Trinajstić information content (AvgIpc) is 3.21. The Labute approximate surface area is 353 Å². The fraction of sp³-hybridized carbons (Fsp3) is 0.927. The van der Waals surface area contributed by atoms with E-state index in [1.54, 1.807) is 0 Å². The number of hydrogen-bond donors (Lipinski definition) is 7. The van der Waals surface area contributed by atoms with Crippen molar-refractivity contribution in [3.05, 3.63) is 0 Å². The van der Waals surface area contributed by atoms with E-state index in [4.69, 9.17) is 33.2 Å². The molecular formula is C41H79N3O13S. The van der Waals surface area contributed by atoms with Crippen molar-refractivity contribution in [2.75, 3.05) is 98.1 Å². The Hall–Kier alpha value is -1.64. The molecule has 0 unspecified atom stereocenters. The molecule has 0 aromatic carbocycles. The topological polar surface area (TPSA) is 213 Å². The van der Waals surface area contributed by atoms with Gasteiger partial charge in [0.05, 0.1) is 59.5 Å². The lowest BCUT2D eigenvalue weighted by Crippen LogP contribution is -2.64. The van der Waals surface area contributed by atoms with Crippen LogP contribution in [-0.4, -0.2) is 162 Å². The van der Waals surface area contributed by atoms with Gasteiger partial charge in [0.25, 0.3) is 0 Å². The first-order valence-corrected chi connectivity index (χ1v) is 22.5. The molecule has 58 heavy (non-hydrogen) atoms. The lowest BCUT2D eigenvalue weighted by molar-refractivity contribution is -0.270. The Bertz CT molecular complexity index is 990. The number of carbonyl (C=O) groups is 3. The molecule has 17 heteroatoms. The normalized spacial score (nSPS) is 19.3. The zero-order valence-electron chi connectivity index (χ0n) is 35.4. The monoisotopic (exact) mass is 854 g/mol. The Balaban J connectivity index is 1.81. The second-order valence-electron chi connectivity index (χ2n) is 14.6. The number of nitrogens with one attached hydrogen (secondary N) is 3. The third kappa shape index (κ3) is 31.3. The van der Waals surface area contributed by atoms with E-state index in [0.29, 0.717) is 85.2 Å². The van der Waals surface area contributed by atoms with Crippen molar-refractivity contribution in [2.24, 2.45) is 0 Å². The standard InChI is InChI=1S/C41H79N3O13S/c1-34(46)44-38-40(50)39(49)35(32-45)57-41(38)56-22-16-11-12-18-36(47)42-19-13-7-8-14-20-43-37(48)33-55-30-29-54-28-27-53-26-25-52-24-23-51-21-15-9-5-3-2-4-6-10-17-31-58/h35,38-41,45,49-50,58H,2-33H2,1H3,(H,42,47)(H,43,48)(H,44,46)/t35-,38-,39-,40-,41-/m1/s1. The maximum absolute atomic E-state index is 12.2. The Morgan fingerprint density at radius 1 is 0.569 bits per heavy atom. The first-order valence-electron chi connectivity index (χ1n) is 21.8. The molecule has 0 spiro atoms. The van der Waals surface area contributed by atoms with Crippen molar-refractivity contribution in [1.29, 1.82) is 0 Å². The summed E-state index contributed by atoms with van der Waals surface area (Å²) in [6, 6.07) is -0.968. The number of unbranched alkanes of at least 4 members (excludes halogenated alkanes) is 13. The van der Waals surface area contributed by atoms with Gasteiger partial charge in [-0.1, -0.05) is 64.2 Å². The highest BCUT2D eigenvalue weighted by Crippen LogP contribution is 2.22. The number of amides is 3. The second kappa shape index (κ2) is 39.5. The first-order chi connectivity index (χ1) is 28.3. The summed E-state index contributed by atoms with van der Waals surface area (Å²) in [7, 11) is 0. The molecule has 6 N–H and O–H groups in total. The van der Waals surface area contributed by atoms with Crippen molar-refractivity contribution in [3.8, 4) is 0 Å². The van der Waals surface area contributed by atoms with Gasteiger partial charge >= 0.3 is 0 Å². The highest BCUT2D eigenvalue weighted by atomic mass is 32.1. The summed E-state index contributed by atoms with van der Waals surface area (Å²) in [5, 5.41) is 38.1. The van der Waals surface area contributed by atoms with Gasteiger partial charge in [0.1, 0.15) is 31.0 Å². The molecule has 1 saturated heterocycles. The van der Waals surface area contributed by atoms with Crippen molar-refractivity contribution >= 4 is 30.4 Å². The van der Waals surface area contributed by atoms with Gasteiger partial charge in [-0.25, -0.2) is 0 Å². The summed E-state index contributed by atoms with van der Waals surface area (Å²) < 4.78 is 38.8. The van der Waals surface area contributed by atoms with Crippen molar-refractivity contribution in [2.45, 2.75) is 147 Å². The molecule has 0 aliphatic carbocycles.